The van der Waals surface area contributed by atoms with E-state index in [-0.39, 0.29) is 38.1 Å². The van der Waals surface area contributed by atoms with Gasteiger partial charge in [0, 0.05) is 12.3 Å². The van der Waals surface area contributed by atoms with Crippen LogP contribution >= 0.6 is 0 Å². The SMILES string of the molecule is CCCCCCOc1cc(S(C)(=O)=O)c2oc3ccc(C(=O)OC)cc3c(=O)c2c1. The number of sulfone groups is 1. The molecule has 0 fully saturated rings. The van der Waals surface area contributed by atoms with Crippen molar-refractivity contribution in [3.05, 3.63) is 46.1 Å². The Labute approximate surface area is 174 Å². The first-order chi connectivity index (χ1) is 14.3. The fourth-order valence-corrected chi connectivity index (χ4v) is 4.04. The van der Waals surface area contributed by atoms with Gasteiger partial charge < -0.3 is 13.9 Å². The number of hydrogen-bond acceptors (Lipinski definition) is 7. The van der Waals surface area contributed by atoms with Crippen LogP contribution in [0, 0.1) is 0 Å². The molecule has 160 valence electrons. The number of unbranched alkanes of at least 4 members (excludes halogenated alkanes) is 3. The molecule has 0 aliphatic heterocycles. The van der Waals surface area contributed by atoms with Crippen molar-refractivity contribution < 1.29 is 27.1 Å². The van der Waals surface area contributed by atoms with Gasteiger partial charge in [-0.3, -0.25) is 4.79 Å². The Kier molecular flexibility index (Phi) is 6.45. The number of carbonyl (C=O) groups excluding carboxylic acids is 1. The average Bonchev–Trinajstić information content (AvgIpc) is 2.72. The van der Waals surface area contributed by atoms with Crippen molar-refractivity contribution in [3.63, 3.8) is 0 Å². The van der Waals surface area contributed by atoms with Crippen molar-refractivity contribution in [2.24, 2.45) is 0 Å². The number of fused-ring (bicyclic) bond motifs is 2. The fraction of sp³-hybridized carbons (Fsp3) is 0.364. The Morgan fingerprint density at radius 2 is 1.83 bits per heavy atom. The molecule has 0 unspecified atom stereocenters. The summed E-state index contributed by atoms with van der Waals surface area (Å²) in [6.45, 7) is 2.53. The summed E-state index contributed by atoms with van der Waals surface area (Å²) < 4.78 is 40.9. The summed E-state index contributed by atoms with van der Waals surface area (Å²) in [5.41, 5.74) is -0.0981. The molecule has 1 heterocycles. The Balaban J connectivity index is 2.17. The quantitative estimate of drug-likeness (QED) is 0.300. The van der Waals surface area contributed by atoms with Crippen LogP contribution in [-0.2, 0) is 14.6 Å². The number of benzene rings is 2. The Bertz CT molecular complexity index is 1260. The highest BCUT2D eigenvalue weighted by Crippen LogP contribution is 2.30. The highest BCUT2D eigenvalue weighted by atomic mass is 32.2. The van der Waals surface area contributed by atoms with Crippen LogP contribution in [0.4, 0.5) is 0 Å². The van der Waals surface area contributed by atoms with E-state index in [4.69, 9.17) is 13.9 Å². The molecule has 3 rings (SSSR count). The van der Waals surface area contributed by atoms with Gasteiger partial charge in [-0.1, -0.05) is 26.2 Å². The van der Waals surface area contributed by atoms with E-state index in [2.05, 4.69) is 6.92 Å². The van der Waals surface area contributed by atoms with E-state index in [1.54, 1.807) is 0 Å². The Morgan fingerprint density at radius 3 is 2.50 bits per heavy atom. The van der Waals surface area contributed by atoms with Crippen LogP contribution in [0.25, 0.3) is 21.9 Å². The summed E-state index contributed by atoms with van der Waals surface area (Å²) in [7, 11) is -2.44. The molecule has 3 aromatic rings. The summed E-state index contributed by atoms with van der Waals surface area (Å²) in [4.78, 5) is 24.8. The second kappa shape index (κ2) is 8.87. The minimum Gasteiger partial charge on any atom is -0.494 e. The first-order valence-corrected chi connectivity index (χ1v) is 11.6. The van der Waals surface area contributed by atoms with Gasteiger partial charge in [-0.15, -0.1) is 0 Å². The van der Waals surface area contributed by atoms with Gasteiger partial charge in [0.1, 0.15) is 16.2 Å². The van der Waals surface area contributed by atoms with Gasteiger partial charge in [0.15, 0.2) is 15.4 Å². The molecule has 0 aliphatic rings. The molecule has 0 amide bonds. The van der Waals surface area contributed by atoms with Crippen molar-refractivity contribution in [3.8, 4) is 5.75 Å². The smallest absolute Gasteiger partial charge is 0.337 e. The second-order valence-electron chi connectivity index (χ2n) is 7.11. The van der Waals surface area contributed by atoms with Gasteiger partial charge in [0.05, 0.1) is 30.1 Å². The van der Waals surface area contributed by atoms with Crippen LogP contribution in [0.15, 0.2) is 44.4 Å². The normalized spacial score (nSPS) is 11.7. The number of ether oxygens (including phenoxy) is 2. The first-order valence-electron chi connectivity index (χ1n) is 9.72. The maximum Gasteiger partial charge on any atom is 0.337 e. The lowest BCUT2D eigenvalue weighted by Crippen LogP contribution is -2.09. The maximum atomic E-state index is 13.1. The van der Waals surface area contributed by atoms with Crippen LogP contribution < -0.4 is 10.2 Å². The highest BCUT2D eigenvalue weighted by Gasteiger charge is 2.20. The van der Waals surface area contributed by atoms with E-state index in [1.807, 2.05) is 0 Å². The molecular weight excluding hydrogens is 408 g/mol. The zero-order valence-corrected chi connectivity index (χ0v) is 18.0. The molecule has 0 saturated heterocycles. The number of carbonyl (C=O) groups is 1. The number of rotatable bonds is 8. The van der Waals surface area contributed by atoms with Crippen LogP contribution in [0.2, 0.25) is 0 Å². The van der Waals surface area contributed by atoms with Gasteiger partial charge in [-0.05, 0) is 30.7 Å². The van der Waals surface area contributed by atoms with Gasteiger partial charge >= 0.3 is 5.97 Å². The van der Waals surface area contributed by atoms with Crippen molar-refractivity contribution in [2.75, 3.05) is 20.0 Å². The zero-order valence-electron chi connectivity index (χ0n) is 17.2. The molecule has 0 aliphatic carbocycles. The molecule has 0 N–H and O–H groups in total. The van der Waals surface area contributed by atoms with Crippen LogP contribution in [0.3, 0.4) is 0 Å². The topological polar surface area (TPSA) is 99.9 Å². The molecule has 30 heavy (non-hydrogen) atoms. The molecule has 0 bridgehead atoms. The lowest BCUT2D eigenvalue weighted by molar-refractivity contribution is 0.0601. The van der Waals surface area contributed by atoms with Gasteiger partial charge in [0.25, 0.3) is 0 Å². The number of esters is 1. The molecule has 0 atom stereocenters. The molecule has 7 nitrogen and oxygen atoms in total. The standard InChI is InChI=1S/C22H24O7S/c1-4-5-6-7-10-28-15-12-17-20(23)16-11-14(22(24)27-2)8-9-18(16)29-21(17)19(13-15)30(3,25)26/h8-9,11-13H,4-7,10H2,1-3H3. The third-order valence-corrected chi connectivity index (χ3v) is 5.90. The van der Waals surface area contributed by atoms with Crippen LogP contribution in [0.5, 0.6) is 5.75 Å². The van der Waals surface area contributed by atoms with Gasteiger partial charge in [0.2, 0.25) is 5.43 Å². The van der Waals surface area contributed by atoms with Gasteiger partial charge in [-0.25, -0.2) is 13.2 Å². The van der Waals surface area contributed by atoms with Crippen molar-refractivity contribution >= 4 is 37.7 Å². The van der Waals surface area contributed by atoms with Crippen molar-refractivity contribution in [2.45, 2.75) is 37.5 Å². The minimum absolute atomic E-state index is 0.0286. The summed E-state index contributed by atoms with van der Waals surface area (Å²) >= 11 is 0. The molecule has 0 saturated carbocycles. The first kappa shape index (κ1) is 21.8. The van der Waals surface area contributed by atoms with E-state index >= 15 is 0 Å². The highest BCUT2D eigenvalue weighted by molar-refractivity contribution is 7.91. The molecule has 2 aromatic carbocycles. The van der Waals surface area contributed by atoms with Gasteiger partial charge in [-0.2, -0.15) is 0 Å². The van der Waals surface area contributed by atoms with E-state index in [0.717, 1.165) is 31.9 Å². The molecular formula is C22H24O7S. The molecule has 1 aromatic heterocycles. The summed E-state index contributed by atoms with van der Waals surface area (Å²) in [6.07, 6.45) is 5.07. The van der Waals surface area contributed by atoms with E-state index in [0.29, 0.717) is 6.61 Å². The van der Waals surface area contributed by atoms with E-state index in [9.17, 15) is 18.0 Å². The third kappa shape index (κ3) is 4.48. The monoisotopic (exact) mass is 432 g/mol. The maximum absolute atomic E-state index is 13.1. The Hall–Kier alpha value is -2.87. The molecule has 8 heteroatoms. The summed E-state index contributed by atoms with van der Waals surface area (Å²) in [5.74, 6) is -0.299. The lowest BCUT2D eigenvalue weighted by Gasteiger charge is -2.11. The van der Waals surface area contributed by atoms with Crippen LogP contribution in [0.1, 0.15) is 43.0 Å². The summed E-state index contributed by atoms with van der Waals surface area (Å²) in [6, 6.07) is 7.16. The van der Waals surface area contributed by atoms with Crippen molar-refractivity contribution in [1.29, 1.82) is 0 Å². The third-order valence-electron chi connectivity index (χ3n) is 4.80. The zero-order chi connectivity index (χ0) is 21.9. The van der Waals surface area contributed by atoms with Crippen LogP contribution in [-0.4, -0.2) is 34.4 Å². The molecule has 0 spiro atoms. The lowest BCUT2D eigenvalue weighted by atomic mass is 10.1. The predicted octanol–water partition coefficient (Wildman–Crippen LogP) is 4.10. The Morgan fingerprint density at radius 1 is 1.07 bits per heavy atom. The largest absolute Gasteiger partial charge is 0.494 e. The summed E-state index contributed by atoms with van der Waals surface area (Å²) in [5, 5.41) is 0.237. The second-order valence-corrected chi connectivity index (χ2v) is 9.10. The number of hydrogen-bond donors (Lipinski definition) is 0. The van der Waals surface area contributed by atoms with E-state index in [1.165, 1.54) is 37.4 Å². The number of methoxy groups -OCH3 is 1. The minimum atomic E-state index is -3.69. The average molecular weight is 432 g/mol. The molecule has 0 radical (unpaired) electrons. The van der Waals surface area contributed by atoms with Crippen molar-refractivity contribution in [1.82, 2.24) is 0 Å². The fourth-order valence-electron chi connectivity index (χ4n) is 3.22. The van der Waals surface area contributed by atoms with E-state index < -0.39 is 21.2 Å². The predicted molar refractivity (Wildman–Crippen MR) is 114 cm³/mol.